The Morgan fingerprint density at radius 3 is 2.37 bits per heavy atom. The minimum Gasteiger partial charge on any atom is -0.504 e. The molecule has 1 aliphatic rings. The molecular weight excluding hydrogens is 238 g/mol. The maximum Gasteiger partial charge on any atom is 0.157 e. The smallest absolute Gasteiger partial charge is 0.157 e. The molecule has 1 unspecified atom stereocenters. The van der Waals surface area contributed by atoms with E-state index in [1.165, 1.54) is 50.9 Å². The topological polar surface area (TPSA) is 40.5 Å². The fourth-order valence-corrected chi connectivity index (χ4v) is 3.80. The summed E-state index contributed by atoms with van der Waals surface area (Å²) in [5.41, 5.74) is 1.18. The van der Waals surface area contributed by atoms with Crippen molar-refractivity contribution in [3.05, 3.63) is 23.8 Å². The Balaban J connectivity index is 2.32. The highest BCUT2D eigenvalue weighted by molar-refractivity contribution is 5.41. The first-order chi connectivity index (χ1) is 9.13. The first-order valence-electron chi connectivity index (χ1n) is 7.50. The van der Waals surface area contributed by atoms with E-state index in [2.05, 4.69) is 13.8 Å². The fraction of sp³-hybridized carbons (Fsp3) is 0.625. The third-order valence-corrected chi connectivity index (χ3v) is 4.46. The van der Waals surface area contributed by atoms with Gasteiger partial charge in [0, 0.05) is 18.4 Å². The number of phenols is 2. The summed E-state index contributed by atoms with van der Waals surface area (Å²) in [6, 6.07) is 5.83. The van der Waals surface area contributed by atoms with Crippen molar-refractivity contribution < 1.29 is 14.7 Å². The normalized spacial score (nSPS) is 21.7. The second-order valence-electron chi connectivity index (χ2n) is 5.80. The molecule has 1 atom stereocenters. The average molecular weight is 264 g/mol. The largest absolute Gasteiger partial charge is 0.504 e. The molecular formula is C16H26NO2+. The molecule has 0 bridgehead atoms. The third kappa shape index (κ3) is 2.71. The number of benzene rings is 1. The van der Waals surface area contributed by atoms with Crippen LogP contribution >= 0.6 is 0 Å². The molecule has 2 rings (SSSR count). The van der Waals surface area contributed by atoms with Gasteiger partial charge in [-0.25, -0.2) is 0 Å². The minimum absolute atomic E-state index is 0.00972. The van der Waals surface area contributed by atoms with E-state index in [4.69, 9.17) is 0 Å². The van der Waals surface area contributed by atoms with Crippen molar-refractivity contribution in [2.24, 2.45) is 0 Å². The molecule has 1 aromatic rings. The Kier molecular flexibility index (Phi) is 4.35. The van der Waals surface area contributed by atoms with Crippen LogP contribution in [0.15, 0.2) is 18.2 Å². The molecule has 3 nitrogen and oxygen atoms in total. The molecule has 0 aliphatic carbocycles. The highest BCUT2D eigenvalue weighted by Crippen LogP contribution is 2.41. The molecule has 0 saturated carbocycles. The molecule has 1 fully saturated rings. The van der Waals surface area contributed by atoms with E-state index in [0.29, 0.717) is 6.04 Å². The van der Waals surface area contributed by atoms with E-state index in [9.17, 15) is 10.2 Å². The molecule has 0 radical (unpaired) electrons. The van der Waals surface area contributed by atoms with E-state index in [-0.39, 0.29) is 11.5 Å². The standard InChI is InChI=1S/C16H25NO2/c1-3-9-17(10-4-2)11-5-6-14(17)13-7-8-15(18)16(19)12-13/h7-8,12,14H,3-6,9-11H2,1-2H3,(H-,18,19)/p+1. The van der Waals surface area contributed by atoms with Crippen LogP contribution in [0.3, 0.4) is 0 Å². The zero-order valence-corrected chi connectivity index (χ0v) is 12.1. The van der Waals surface area contributed by atoms with E-state index < -0.39 is 0 Å². The van der Waals surface area contributed by atoms with E-state index in [0.717, 1.165) is 4.48 Å². The Morgan fingerprint density at radius 2 is 1.79 bits per heavy atom. The third-order valence-electron chi connectivity index (χ3n) is 4.46. The molecule has 3 heteroatoms. The van der Waals surface area contributed by atoms with Gasteiger partial charge >= 0.3 is 0 Å². The SMILES string of the molecule is CCC[N+]1(CCC)CCCC1c1ccc(O)c(O)c1. The highest BCUT2D eigenvalue weighted by Gasteiger charge is 2.41. The number of rotatable bonds is 5. The van der Waals surface area contributed by atoms with E-state index >= 15 is 0 Å². The van der Waals surface area contributed by atoms with Gasteiger partial charge in [0.05, 0.1) is 19.6 Å². The van der Waals surface area contributed by atoms with Gasteiger partial charge in [-0.15, -0.1) is 0 Å². The molecule has 2 N–H and O–H groups in total. The summed E-state index contributed by atoms with van der Waals surface area (Å²) in [6.07, 6.45) is 4.83. The van der Waals surface area contributed by atoms with Crippen molar-refractivity contribution >= 4 is 0 Å². The fourth-order valence-electron chi connectivity index (χ4n) is 3.80. The zero-order chi connectivity index (χ0) is 13.9. The highest BCUT2D eigenvalue weighted by atomic mass is 16.3. The summed E-state index contributed by atoms with van der Waals surface area (Å²) in [7, 11) is 0. The van der Waals surface area contributed by atoms with Gasteiger partial charge in [0.15, 0.2) is 11.5 Å². The first-order valence-corrected chi connectivity index (χ1v) is 7.50. The summed E-state index contributed by atoms with van der Waals surface area (Å²) in [5.74, 6) is -0.0127. The average Bonchev–Trinajstić information content (AvgIpc) is 2.77. The number of aromatic hydroxyl groups is 2. The molecule has 0 amide bonds. The second-order valence-corrected chi connectivity index (χ2v) is 5.80. The van der Waals surface area contributed by atoms with Gasteiger partial charge in [0.2, 0.25) is 0 Å². The molecule has 1 aliphatic heterocycles. The van der Waals surface area contributed by atoms with Crippen molar-refractivity contribution in [1.29, 1.82) is 0 Å². The number of hydrogen-bond donors (Lipinski definition) is 2. The molecule has 0 aromatic heterocycles. The van der Waals surface area contributed by atoms with Crippen molar-refractivity contribution in [3.63, 3.8) is 0 Å². The Bertz CT molecular complexity index is 425. The van der Waals surface area contributed by atoms with E-state index in [1.807, 2.05) is 6.07 Å². The predicted octanol–water partition coefficient (Wildman–Crippen LogP) is 3.57. The molecule has 1 heterocycles. The summed E-state index contributed by atoms with van der Waals surface area (Å²) >= 11 is 0. The van der Waals surface area contributed by atoms with Crippen LogP contribution in [0.4, 0.5) is 0 Å². The Morgan fingerprint density at radius 1 is 1.11 bits per heavy atom. The monoisotopic (exact) mass is 264 g/mol. The number of nitrogens with zero attached hydrogens (tertiary/aromatic N) is 1. The summed E-state index contributed by atoms with van der Waals surface area (Å²) in [5, 5.41) is 19.2. The van der Waals surface area contributed by atoms with Crippen LogP contribution in [0.2, 0.25) is 0 Å². The maximum absolute atomic E-state index is 9.73. The second kappa shape index (κ2) is 5.83. The van der Waals surface area contributed by atoms with Gasteiger partial charge in [0.25, 0.3) is 0 Å². The lowest BCUT2D eigenvalue weighted by molar-refractivity contribution is -0.945. The predicted molar refractivity (Wildman–Crippen MR) is 77.2 cm³/mol. The summed E-state index contributed by atoms with van der Waals surface area (Å²) < 4.78 is 1.15. The van der Waals surface area contributed by atoms with Gasteiger partial charge in [-0.05, 0) is 31.0 Å². The summed E-state index contributed by atoms with van der Waals surface area (Å²) in [6.45, 7) is 8.16. The molecule has 19 heavy (non-hydrogen) atoms. The first kappa shape index (κ1) is 14.2. The van der Waals surface area contributed by atoms with Crippen LogP contribution in [0, 0.1) is 0 Å². The molecule has 1 aromatic carbocycles. The molecule has 106 valence electrons. The maximum atomic E-state index is 9.73. The molecule has 1 saturated heterocycles. The van der Waals surface area contributed by atoms with Crippen LogP contribution < -0.4 is 0 Å². The lowest BCUT2D eigenvalue weighted by Crippen LogP contribution is -2.48. The van der Waals surface area contributed by atoms with Gasteiger partial charge in [-0.2, -0.15) is 0 Å². The zero-order valence-electron chi connectivity index (χ0n) is 12.1. The van der Waals surface area contributed by atoms with Gasteiger partial charge in [-0.1, -0.05) is 13.8 Å². The van der Waals surface area contributed by atoms with Crippen LogP contribution in [0.5, 0.6) is 11.5 Å². The Hall–Kier alpha value is -1.22. The van der Waals surface area contributed by atoms with Crippen molar-refractivity contribution in [1.82, 2.24) is 0 Å². The van der Waals surface area contributed by atoms with Gasteiger partial charge < -0.3 is 14.7 Å². The van der Waals surface area contributed by atoms with Crippen molar-refractivity contribution in [2.75, 3.05) is 19.6 Å². The van der Waals surface area contributed by atoms with Crippen LogP contribution in [0.25, 0.3) is 0 Å². The summed E-state index contributed by atoms with van der Waals surface area (Å²) in [4.78, 5) is 0. The quantitative estimate of drug-likeness (QED) is 0.630. The van der Waals surface area contributed by atoms with Crippen LogP contribution in [-0.2, 0) is 0 Å². The Labute approximate surface area is 116 Å². The van der Waals surface area contributed by atoms with Crippen LogP contribution in [-0.4, -0.2) is 34.3 Å². The number of hydrogen-bond acceptors (Lipinski definition) is 2. The lowest BCUT2D eigenvalue weighted by atomic mass is 10.0. The van der Waals surface area contributed by atoms with Crippen molar-refractivity contribution in [2.45, 2.75) is 45.6 Å². The lowest BCUT2D eigenvalue weighted by Gasteiger charge is -2.40. The number of phenolic OH excluding ortho intramolecular Hbond substituents is 2. The van der Waals surface area contributed by atoms with Gasteiger partial charge in [-0.3, -0.25) is 0 Å². The molecule has 0 spiro atoms. The van der Waals surface area contributed by atoms with Crippen molar-refractivity contribution in [3.8, 4) is 11.5 Å². The number of likely N-dealkylation sites (tertiary alicyclic amines) is 1. The number of quaternary nitrogens is 1. The minimum atomic E-state index is -0.0224. The van der Waals surface area contributed by atoms with Gasteiger partial charge in [0.1, 0.15) is 6.04 Å². The van der Waals surface area contributed by atoms with Crippen LogP contribution in [0.1, 0.15) is 51.1 Å². The van der Waals surface area contributed by atoms with E-state index in [1.54, 1.807) is 12.1 Å².